The van der Waals surface area contributed by atoms with Gasteiger partial charge >= 0.3 is 6.03 Å². The number of carbonyl (C=O) groups excluding carboxylic acids is 1. The van der Waals surface area contributed by atoms with Gasteiger partial charge in [-0.3, -0.25) is 0 Å². The van der Waals surface area contributed by atoms with Crippen LogP contribution in [0.1, 0.15) is 25.7 Å². The zero-order valence-electron chi connectivity index (χ0n) is 15.8. The van der Waals surface area contributed by atoms with Crippen molar-refractivity contribution in [2.24, 2.45) is 0 Å². The SMILES string of the molecule is O=C(NCCNc1cc(-c2ccccc2Cl)nc2c(Br)cnn12)NC1CCCC1. The summed E-state index contributed by atoms with van der Waals surface area (Å²) >= 11 is 9.86. The highest BCUT2D eigenvalue weighted by Gasteiger charge is 2.17. The molecule has 2 heterocycles. The fourth-order valence-corrected chi connectivity index (χ4v) is 4.12. The van der Waals surface area contributed by atoms with Gasteiger partial charge in [0.05, 0.1) is 16.4 Å². The van der Waals surface area contributed by atoms with E-state index in [2.05, 4.69) is 42.0 Å². The molecule has 1 saturated carbocycles. The Morgan fingerprint density at radius 1 is 1.24 bits per heavy atom. The van der Waals surface area contributed by atoms with Gasteiger partial charge in [-0.2, -0.15) is 9.61 Å². The van der Waals surface area contributed by atoms with Gasteiger partial charge in [-0.05, 0) is 34.8 Å². The molecular formula is C20H22BrClN6O. The van der Waals surface area contributed by atoms with Crippen molar-refractivity contribution in [1.29, 1.82) is 0 Å². The summed E-state index contributed by atoms with van der Waals surface area (Å²) in [5.74, 6) is 0.772. The van der Waals surface area contributed by atoms with Gasteiger partial charge < -0.3 is 16.0 Å². The van der Waals surface area contributed by atoms with Crippen molar-refractivity contribution in [2.75, 3.05) is 18.4 Å². The number of nitrogens with one attached hydrogen (secondary N) is 3. The number of benzene rings is 1. The molecule has 0 spiro atoms. The van der Waals surface area contributed by atoms with Gasteiger partial charge in [-0.1, -0.05) is 42.6 Å². The summed E-state index contributed by atoms with van der Waals surface area (Å²) in [5.41, 5.74) is 2.29. The van der Waals surface area contributed by atoms with Gasteiger partial charge in [-0.25, -0.2) is 9.78 Å². The minimum absolute atomic E-state index is 0.114. The van der Waals surface area contributed by atoms with E-state index in [1.807, 2.05) is 30.3 Å². The number of amides is 2. The number of fused-ring (bicyclic) bond motifs is 1. The largest absolute Gasteiger partial charge is 0.368 e. The molecule has 3 aromatic rings. The molecular weight excluding hydrogens is 456 g/mol. The normalized spacial score (nSPS) is 14.3. The molecule has 1 aromatic carbocycles. The van der Waals surface area contributed by atoms with Crippen molar-refractivity contribution < 1.29 is 4.79 Å². The van der Waals surface area contributed by atoms with E-state index in [9.17, 15) is 4.79 Å². The number of urea groups is 1. The molecule has 29 heavy (non-hydrogen) atoms. The predicted molar refractivity (Wildman–Crippen MR) is 118 cm³/mol. The number of carbonyl (C=O) groups is 1. The first-order valence-corrected chi connectivity index (χ1v) is 10.9. The molecule has 3 N–H and O–H groups in total. The maximum absolute atomic E-state index is 12.0. The summed E-state index contributed by atoms with van der Waals surface area (Å²) in [7, 11) is 0. The number of hydrogen-bond donors (Lipinski definition) is 3. The Morgan fingerprint density at radius 2 is 2.03 bits per heavy atom. The number of halogens is 2. The number of aromatic nitrogens is 3. The van der Waals surface area contributed by atoms with Crippen LogP contribution in [0.3, 0.4) is 0 Å². The topological polar surface area (TPSA) is 83.3 Å². The van der Waals surface area contributed by atoms with Crippen LogP contribution in [-0.4, -0.2) is 39.8 Å². The lowest BCUT2D eigenvalue weighted by Gasteiger charge is -2.14. The maximum atomic E-state index is 12.0. The quantitative estimate of drug-likeness (QED) is 0.458. The maximum Gasteiger partial charge on any atom is 0.315 e. The molecule has 0 unspecified atom stereocenters. The lowest BCUT2D eigenvalue weighted by Crippen LogP contribution is -2.42. The average Bonchev–Trinajstić information content (AvgIpc) is 3.35. The second kappa shape index (κ2) is 9.00. The summed E-state index contributed by atoms with van der Waals surface area (Å²) < 4.78 is 2.52. The molecule has 1 aliphatic rings. The van der Waals surface area contributed by atoms with E-state index in [0.717, 1.165) is 34.4 Å². The molecule has 2 aromatic heterocycles. The number of hydrogen-bond acceptors (Lipinski definition) is 4. The van der Waals surface area contributed by atoms with E-state index in [-0.39, 0.29) is 6.03 Å². The second-order valence-corrected chi connectivity index (χ2v) is 8.30. The van der Waals surface area contributed by atoms with Gasteiger partial charge in [0, 0.05) is 35.8 Å². The van der Waals surface area contributed by atoms with Crippen LogP contribution in [0.5, 0.6) is 0 Å². The van der Waals surface area contributed by atoms with Crippen LogP contribution < -0.4 is 16.0 Å². The smallest absolute Gasteiger partial charge is 0.315 e. The highest BCUT2D eigenvalue weighted by atomic mass is 79.9. The Balaban J connectivity index is 1.45. The van der Waals surface area contributed by atoms with Crippen LogP contribution in [-0.2, 0) is 0 Å². The Kier molecular flexibility index (Phi) is 6.20. The molecule has 4 rings (SSSR count). The minimum atomic E-state index is -0.114. The highest BCUT2D eigenvalue weighted by Crippen LogP contribution is 2.30. The van der Waals surface area contributed by atoms with E-state index in [0.29, 0.717) is 29.8 Å². The Labute approximate surface area is 182 Å². The molecule has 0 atom stereocenters. The molecule has 2 amide bonds. The standard InChI is InChI=1S/C20H22BrClN6O/c21-15-12-25-28-18(23-9-10-24-20(29)26-13-5-1-2-6-13)11-17(27-19(15)28)14-7-3-4-8-16(14)22/h3-4,7-8,11-13,23H,1-2,5-6,9-10H2,(H2,24,26,29). The molecule has 1 aliphatic carbocycles. The lowest BCUT2D eigenvalue weighted by atomic mass is 10.1. The fourth-order valence-electron chi connectivity index (χ4n) is 3.54. The van der Waals surface area contributed by atoms with Crippen LogP contribution in [0, 0.1) is 0 Å². The zero-order chi connectivity index (χ0) is 20.2. The Morgan fingerprint density at radius 3 is 2.83 bits per heavy atom. The van der Waals surface area contributed by atoms with Gasteiger partial charge in [0.2, 0.25) is 0 Å². The summed E-state index contributed by atoms with van der Waals surface area (Å²) in [6.45, 7) is 1.04. The molecule has 9 heteroatoms. The van der Waals surface area contributed by atoms with Gasteiger partial charge in [-0.15, -0.1) is 0 Å². The minimum Gasteiger partial charge on any atom is -0.368 e. The molecule has 0 radical (unpaired) electrons. The summed E-state index contributed by atoms with van der Waals surface area (Å²) in [4.78, 5) is 16.7. The van der Waals surface area contributed by atoms with Crippen molar-refractivity contribution in [2.45, 2.75) is 31.7 Å². The highest BCUT2D eigenvalue weighted by molar-refractivity contribution is 9.10. The zero-order valence-corrected chi connectivity index (χ0v) is 18.1. The molecule has 1 fully saturated rings. The van der Waals surface area contributed by atoms with E-state index in [1.54, 1.807) is 10.7 Å². The summed E-state index contributed by atoms with van der Waals surface area (Å²) in [5, 5.41) is 14.3. The van der Waals surface area contributed by atoms with Crippen LogP contribution in [0.15, 0.2) is 41.0 Å². The van der Waals surface area contributed by atoms with Crippen molar-refractivity contribution in [1.82, 2.24) is 25.2 Å². The van der Waals surface area contributed by atoms with Crippen molar-refractivity contribution in [3.63, 3.8) is 0 Å². The second-order valence-electron chi connectivity index (χ2n) is 7.04. The third kappa shape index (κ3) is 4.64. The van der Waals surface area contributed by atoms with Crippen molar-refractivity contribution in [3.05, 3.63) is 46.0 Å². The summed E-state index contributed by atoms with van der Waals surface area (Å²) in [6, 6.07) is 9.70. The first-order chi connectivity index (χ1) is 14.1. The fraction of sp³-hybridized carbons (Fsp3) is 0.350. The Bertz CT molecular complexity index is 1020. The van der Waals surface area contributed by atoms with Crippen LogP contribution in [0.4, 0.5) is 10.6 Å². The van der Waals surface area contributed by atoms with Crippen LogP contribution in [0.25, 0.3) is 16.9 Å². The molecule has 0 saturated heterocycles. The lowest BCUT2D eigenvalue weighted by molar-refractivity contribution is 0.237. The van der Waals surface area contributed by atoms with Crippen LogP contribution >= 0.6 is 27.5 Å². The number of nitrogens with zero attached hydrogens (tertiary/aromatic N) is 3. The van der Waals surface area contributed by atoms with Gasteiger partial charge in [0.25, 0.3) is 0 Å². The molecule has 7 nitrogen and oxygen atoms in total. The summed E-state index contributed by atoms with van der Waals surface area (Å²) in [6.07, 6.45) is 6.23. The molecule has 0 bridgehead atoms. The van der Waals surface area contributed by atoms with Gasteiger partial charge in [0.15, 0.2) is 5.65 Å². The first kappa shape index (κ1) is 20.0. The van der Waals surface area contributed by atoms with E-state index >= 15 is 0 Å². The third-order valence-corrected chi connectivity index (χ3v) is 5.87. The van der Waals surface area contributed by atoms with E-state index in [1.165, 1.54) is 12.8 Å². The van der Waals surface area contributed by atoms with Crippen molar-refractivity contribution >= 4 is 45.0 Å². The average molecular weight is 478 g/mol. The first-order valence-electron chi connectivity index (χ1n) is 9.69. The number of rotatable bonds is 6. The van der Waals surface area contributed by atoms with Crippen LogP contribution in [0.2, 0.25) is 5.02 Å². The molecule has 0 aliphatic heterocycles. The van der Waals surface area contributed by atoms with E-state index in [4.69, 9.17) is 11.6 Å². The Hall–Kier alpha value is -2.32. The monoisotopic (exact) mass is 476 g/mol. The third-order valence-electron chi connectivity index (χ3n) is 4.99. The van der Waals surface area contributed by atoms with Gasteiger partial charge in [0.1, 0.15) is 5.82 Å². The molecule has 152 valence electrons. The van der Waals surface area contributed by atoms with Crippen molar-refractivity contribution in [3.8, 4) is 11.3 Å². The number of anilines is 1. The van der Waals surface area contributed by atoms with E-state index < -0.39 is 0 Å². The predicted octanol–water partition coefficient (Wildman–Crippen LogP) is 4.47.